The van der Waals surface area contributed by atoms with E-state index in [2.05, 4.69) is 21.8 Å². The minimum atomic E-state index is -0.228. The van der Waals surface area contributed by atoms with Gasteiger partial charge in [0, 0.05) is 13.1 Å². The third-order valence-electron chi connectivity index (χ3n) is 3.96. The summed E-state index contributed by atoms with van der Waals surface area (Å²) in [6, 6.07) is 4.79. The van der Waals surface area contributed by atoms with Gasteiger partial charge in [-0.05, 0) is 44.9 Å². The van der Waals surface area contributed by atoms with Gasteiger partial charge < -0.3 is 9.88 Å². The number of rotatable bonds is 1. The van der Waals surface area contributed by atoms with Crippen LogP contribution in [-0.4, -0.2) is 16.1 Å². The zero-order valence-corrected chi connectivity index (χ0v) is 10.8. The van der Waals surface area contributed by atoms with Crippen molar-refractivity contribution in [2.45, 2.75) is 31.7 Å². The summed E-state index contributed by atoms with van der Waals surface area (Å²) in [5.74, 6) is 0.775. The summed E-state index contributed by atoms with van der Waals surface area (Å²) < 4.78 is 15.3. The molecule has 1 aliphatic heterocycles. The normalized spacial score (nSPS) is 24.6. The van der Waals surface area contributed by atoms with Gasteiger partial charge in [-0.1, -0.05) is 0 Å². The van der Waals surface area contributed by atoms with Crippen LogP contribution < -0.4 is 5.32 Å². The van der Waals surface area contributed by atoms with Crippen LogP contribution in [0.15, 0.2) is 18.2 Å². The Bertz CT molecular complexity index is 582. The van der Waals surface area contributed by atoms with E-state index in [4.69, 9.17) is 0 Å². The van der Waals surface area contributed by atoms with Crippen molar-refractivity contribution in [1.29, 1.82) is 0 Å². The summed E-state index contributed by atoms with van der Waals surface area (Å²) in [7, 11) is 2.00. The number of piperidine rings is 1. The first kappa shape index (κ1) is 11.7. The molecular weight excluding hydrogens is 229 g/mol. The maximum Gasteiger partial charge on any atom is 0.129 e. The van der Waals surface area contributed by atoms with E-state index >= 15 is 0 Å². The summed E-state index contributed by atoms with van der Waals surface area (Å²) in [6.07, 6.45) is 3.50. The Balaban J connectivity index is 2.14. The van der Waals surface area contributed by atoms with E-state index in [1.165, 1.54) is 25.0 Å². The van der Waals surface area contributed by atoms with Crippen molar-refractivity contribution in [1.82, 2.24) is 14.9 Å². The van der Waals surface area contributed by atoms with E-state index in [-0.39, 0.29) is 11.4 Å². The Morgan fingerprint density at radius 1 is 1.39 bits per heavy atom. The smallest absolute Gasteiger partial charge is 0.129 e. The average molecular weight is 247 g/mol. The van der Waals surface area contributed by atoms with E-state index < -0.39 is 0 Å². The highest BCUT2D eigenvalue weighted by Crippen LogP contribution is 2.31. The Morgan fingerprint density at radius 3 is 2.94 bits per heavy atom. The van der Waals surface area contributed by atoms with Crippen LogP contribution in [0.4, 0.5) is 4.39 Å². The monoisotopic (exact) mass is 247 g/mol. The number of nitrogens with one attached hydrogen (secondary N) is 1. The summed E-state index contributed by atoms with van der Waals surface area (Å²) in [4.78, 5) is 4.63. The molecule has 96 valence electrons. The van der Waals surface area contributed by atoms with Gasteiger partial charge in [0.05, 0.1) is 16.6 Å². The SMILES string of the molecule is Cn1c(C2(C)CCCCN2)nc2cc(F)ccc21. The van der Waals surface area contributed by atoms with Crippen LogP contribution in [0.25, 0.3) is 11.0 Å². The number of fused-ring (bicyclic) bond motifs is 1. The molecule has 2 aromatic rings. The second-order valence-electron chi connectivity index (χ2n) is 5.34. The number of nitrogens with zero attached hydrogens (tertiary/aromatic N) is 2. The molecule has 1 saturated heterocycles. The molecule has 1 N–H and O–H groups in total. The number of halogens is 1. The molecule has 0 spiro atoms. The second-order valence-corrected chi connectivity index (χ2v) is 5.34. The molecule has 1 fully saturated rings. The van der Waals surface area contributed by atoms with Crippen LogP contribution >= 0.6 is 0 Å². The third kappa shape index (κ3) is 1.72. The van der Waals surface area contributed by atoms with Gasteiger partial charge in [0.1, 0.15) is 11.6 Å². The third-order valence-corrected chi connectivity index (χ3v) is 3.96. The van der Waals surface area contributed by atoms with E-state index in [9.17, 15) is 4.39 Å². The van der Waals surface area contributed by atoms with Gasteiger partial charge in [0.15, 0.2) is 0 Å². The van der Waals surface area contributed by atoms with Crippen molar-refractivity contribution >= 4 is 11.0 Å². The minimum Gasteiger partial charge on any atom is -0.330 e. The van der Waals surface area contributed by atoms with Crippen LogP contribution in [-0.2, 0) is 12.6 Å². The summed E-state index contributed by atoms with van der Waals surface area (Å²) in [5, 5.41) is 3.55. The number of hydrogen-bond donors (Lipinski definition) is 1. The van der Waals surface area contributed by atoms with Crippen molar-refractivity contribution < 1.29 is 4.39 Å². The first-order chi connectivity index (χ1) is 8.60. The zero-order chi connectivity index (χ0) is 12.8. The highest BCUT2D eigenvalue weighted by molar-refractivity contribution is 5.76. The minimum absolute atomic E-state index is 0.0947. The molecule has 0 amide bonds. The van der Waals surface area contributed by atoms with Crippen molar-refractivity contribution in [2.24, 2.45) is 7.05 Å². The molecule has 0 aliphatic carbocycles. The van der Waals surface area contributed by atoms with Crippen molar-refractivity contribution in [2.75, 3.05) is 6.54 Å². The molecule has 1 unspecified atom stereocenters. The Labute approximate surface area is 106 Å². The Morgan fingerprint density at radius 2 is 2.22 bits per heavy atom. The summed E-state index contributed by atoms with van der Waals surface area (Å²) in [5.41, 5.74) is 1.63. The molecule has 0 radical (unpaired) electrons. The standard InChI is InChI=1S/C14H18FN3/c1-14(7-3-4-8-16-14)13-17-11-9-10(15)5-6-12(11)18(13)2/h5-6,9,16H,3-4,7-8H2,1-2H3. The first-order valence-electron chi connectivity index (χ1n) is 6.48. The lowest BCUT2D eigenvalue weighted by molar-refractivity contribution is 0.264. The molecule has 3 rings (SSSR count). The van der Waals surface area contributed by atoms with E-state index in [0.717, 1.165) is 29.8 Å². The van der Waals surface area contributed by atoms with Gasteiger partial charge >= 0.3 is 0 Å². The van der Waals surface area contributed by atoms with Crippen molar-refractivity contribution in [3.05, 3.63) is 29.8 Å². The molecule has 1 atom stereocenters. The second kappa shape index (κ2) is 4.05. The molecular formula is C14H18FN3. The lowest BCUT2D eigenvalue weighted by atomic mass is 9.90. The summed E-state index contributed by atoms with van der Waals surface area (Å²) >= 11 is 0. The number of aromatic nitrogens is 2. The van der Waals surface area contributed by atoms with Gasteiger partial charge in [-0.2, -0.15) is 0 Å². The molecule has 18 heavy (non-hydrogen) atoms. The van der Waals surface area contributed by atoms with Gasteiger partial charge in [-0.15, -0.1) is 0 Å². The predicted octanol–water partition coefficient (Wildman–Crippen LogP) is 2.70. The maximum atomic E-state index is 13.3. The van der Waals surface area contributed by atoms with Gasteiger partial charge in [-0.25, -0.2) is 9.37 Å². The molecule has 1 aromatic carbocycles. The molecule has 0 bridgehead atoms. The van der Waals surface area contributed by atoms with Gasteiger partial charge in [0.25, 0.3) is 0 Å². The van der Waals surface area contributed by atoms with E-state index in [1.54, 1.807) is 6.07 Å². The summed E-state index contributed by atoms with van der Waals surface area (Å²) in [6.45, 7) is 3.21. The number of hydrogen-bond acceptors (Lipinski definition) is 2. The fraction of sp³-hybridized carbons (Fsp3) is 0.500. The number of aryl methyl sites for hydroxylation is 1. The lowest BCUT2D eigenvalue weighted by Gasteiger charge is -2.34. The Kier molecular flexibility index (Phi) is 2.63. The van der Waals surface area contributed by atoms with E-state index in [1.807, 2.05) is 7.05 Å². The predicted molar refractivity (Wildman–Crippen MR) is 69.9 cm³/mol. The van der Waals surface area contributed by atoms with Gasteiger partial charge in [0.2, 0.25) is 0 Å². The fourth-order valence-electron chi connectivity index (χ4n) is 2.91. The number of benzene rings is 1. The van der Waals surface area contributed by atoms with Crippen LogP contribution in [0.1, 0.15) is 32.0 Å². The molecule has 3 nitrogen and oxygen atoms in total. The fourth-order valence-corrected chi connectivity index (χ4v) is 2.91. The Hall–Kier alpha value is -1.42. The van der Waals surface area contributed by atoms with Gasteiger partial charge in [-0.3, -0.25) is 0 Å². The van der Waals surface area contributed by atoms with Crippen LogP contribution in [0, 0.1) is 5.82 Å². The number of imidazole rings is 1. The zero-order valence-electron chi connectivity index (χ0n) is 10.8. The van der Waals surface area contributed by atoms with Crippen molar-refractivity contribution in [3.8, 4) is 0 Å². The molecule has 1 aliphatic rings. The lowest BCUT2D eigenvalue weighted by Crippen LogP contribution is -2.45. The van der Waals surface area contributed by atoms with E-state index in [0.29, 0.717) is 0 Å². The maximum absolute atomic E-state index is 13.3. The molecule has 4 heteroatoms. The molecule has 0 saturated carbocycles. The average Bonchev–Trinajstić information content (AvgIpc) is 2.68. The highest BCUT2D eigenvalue weighted by Gasteiger charge is 2.32. The largest absolute Gasteiger partial charge is 0.330 e. The highest BCUT2D eigenvalue weighted by atomic mass is 19.1. The topological polar surface area (TPSA) is 29.9 Å². The molecule has 2 heterocycles. The van der Waals surface area contributed by atoms with Crippen LogP contribution in [0.5, 0.6) is 0 Å². The van der Waals surface area contributed by atoms with Crippen LogP contribution in [0.3, 0.4) is 0 Å². The molecule has 1 aromatic heterocycles. The quantitative estimate of drug-likeness (QED) is 0.839. The van der Waals surface area contributed by atoms with Crippen molar-refractivity contribution in [3.63, 3.8) is 0 Å². The first-order valence-corrected chi connectivity index (χ1v) is 6.48. The van der Waals surface area contributed by atoms with Crippen LogP contribution in [0.2, 0.25) is 0 Å².